The maximum Gasteiger partial charge on any atom is 0.335 e. The number of hydrogen-bond donors (Lipinski definition) is 0. The van der Waals surface area contributed by atoms with E-state index in [-0.39, 0.29) is 19.0 Å². The van der Waals surface area contributed by atoms with E-state index in [1.807, 2.05) is 19.9 Å². The number of aryl methyl sites for hydroxylation is 2. The Labute approximate surface area is 119 Å². The van der Waals surface area contributed by atoms with Crippen molar-refractivity contribution < 1.29 is 19.1 Å². The highest BCUT2D eigenvalue weighted by atomic mass is 16.6. The predicted octanol–water partition coefficient (Wildman–Crippen LogP) is 2.62. The smallest absolute Gasteiger partial charge is 0.335 e. The van der Waals surface area contributed by atoms with E-state index in [1.165, 1.54) is 0 Å². The van der Waals surface area contributed by atoms with Gasteiger partial charge in [-0.15, -0.1) is 6.58 Å². The fourth-order valence-electron chi connectivity index (χ4n) is 1.53. The Kier molecular flexibility index (Phi) is 6.12. The van der Waals surface area contributed by atoms with Crippen molar-refractivity contribution in [2.24, 2.45) is 0 Å². The highest BCUT2D eigenvalue weighted by Crippen LogP contribution is 2.10. The molecule has 0 amide bonds. The van der Waals surface area contributed by atoms with E-state index in [2.05, 4.69) is 6.58 Å². The SMILES string of the molecule is C=CCOC(C)C(=O)OCC(=O)c1ccc(C)c(C)c1. The summed E-state index contributed by atoms with van der Waals surface area (Å²) in [4.78, 5) is 23.5. The largest absolute Gasteiger partial charge is 0.455 e. The molecule has 1 atom stereocenters. The van der Waals surface area contributed by atoms with Crippen LogP contribution in [-0.4, -0.2) is 31.1 Å². The second-order valence-corrected chi connectivity index (χ2v) is 4.59. The summed E-state index contributed by atoms with van der Waals surface area (Å²) in [6.07, 6.45) is 0.838. The molecule has 4 nitrogen and oxygen atoms in total. The minimum absolute atomic E-state index is 0.225. The second kappa shape index (κ2) is 7.60. The summed E-state index contributed by atoms with van der Waals surface area (Å²) in [6, 6.07) is 5.40. The first-order valence-electron chi connectivity index (χ1n) is 6.45. The number of ketones is 1. The van der Waals surface area contributed by atoms with E-state index < -0.39 is 12.1 Å². The normalized spacial score (nSPS) is 11.8. The van der Waals surface area contributed by atoms with Gasteiger partial charge in [0.1, 0.15) is 0 Å². The molecule has 1 aromatic carbocycles. The standard InChI is InChI=1S/C16H20O4/c1-5-8-19-13(4)16(18)20-10-15(17)14-7-6-11(2)12(3)9-14/h5-7,9,13H,1,8,10H2,2-4H3. The van der Waals surface area contributed by atoms with Gasteiger partial charge in [0.25, 0.3) is 0 Å². The lowest BCUT2D eigenvalue weighted by atomic mass is 10.0. The van der Waals surface area contributed by atoms with Crippen molar-refractivity contribution in [1.82, 2.24) is 0 Å². The molecular weight excluding hydrogens is 256 g/mol. The Balaban J connectivity index is 2.52. The highest BCUT2D eigenvalue weighted by molar-refractivity contribution is 5.98. The molecule has 20 heavy (non-hydrogen) atoms. The van der Waals surface area contributed by atoms with E-state index in [0.717, 1.165) is 11.1 Å². The Morgan fingerprint density at radius 3 is 2.60 bits per heavy atom. The minimum atomic E-state index is -0.708. The molecule has 0 N–H and O–H groups in total. The second-order valence-electron chi connectivity index (χ2n) is 4.59. The van der Waals surface area contributed by atoms with Crippen LogP contribution in [-0.2, 0) is 14.3 Å². The van der Waals surface area contributed by atoms with Gasteiger partial charge in [0.2, 0.25) is 0 Å². The van der Waals surface area contributed by atoms with Crippen LogP contribution in [0.25, 0.3) is 0 Å². The van der Waals surface area contributed by atoms with Gasteiger partial charge in [-0.2, -0.15) is 0 Å². The summed E-state index contributed by atoms with van der Waals surface area (Å²) in [5.74, 6) is -0.776. The molecule has 0 aliphatic heterocycles. The minimum Gasteiger partial charge on any atom is -0.455 e. The summed E-state index contributed by atoms with van der Waals surface area (Å²) in [5, 5.41) is 0. The van der Waals surface area contributed by atoms with Gasteiger partial charge in [-0.1, -0.05) is 18.2 Å². The molecule has 1 unspecified atom stereocenters. The maximum absolute atomic E-state index is 11.9. The Bertz CT molecular complexity index is 505. The fourth-order valence-corrected chi connectivity index (χ4v) is 1.53. The third-order valence-corrected chi connectivity index (χ3v) is 2.97. The summed E-state index contributed by atoms with van der Waals surface area (Å²) < 4.78 is 10.1. The topological polar surface area (TPSA) is 52.6 Å². The molecule has 108 valence electrons. The van der Waals surface area contributed by atoms with Gasteiger partial charge in [-0.25, -0.2) is 4.79 Å². The Morgan fingerprint density at radius 2 is 2.00 bits per heavy atom. The van der Waals surface area contributed by atoms with Crippen molar-refractivity contribution in [1.29, 1.82) is 0 Å². The van der Waals surface area contributed by atoms with Gasteiger partial charge in [-0.05, 0) is 38.0 Å². The molecule has 0 bridgehead atoms. The van der Waals surface area contributed by atoms with Crippen molar-refractivity contribution >= 4 is 11.8 Å². The highest BCUT2D eigenvalue weighted by Gasteiger charge is 2.16. The lowest BCUT2D eigenvalue weighted by Crippen LogP contribution is -2.26. The van der Waals surface area contributed by atoms with E-state index in [9.17, 15) is 9.59 Å². The summed E-state index contributed by atoms with van der Waals surface area (Å²) >= 11 is 0. The number of Topliss-reactive ketones (excluding diaryl/α,β-unsaturated/α-hetero) is 1. The molecule has 0 saturated carbocycles. The molecule has 4 heteroatoms. The van der Waals surface area contributed by atoms with Crippen LogP contribution in [0, 0.1) is 13.8 Å². The lowest BCUT2D eigenvalue weighted by Gasteiger charge is -2.11. The zero-order valence-electron chi connectivity index (χ0n) is 12.1. The van der Waals surface area contributed by atoms with Crippen LogP contribution in [0.3, 0.4) is 0 Å². The van der Waals surface area contributed by atoms with Crippen LogP contribution in [0.2, 0.25) is 0 Å². The Hall–Kier alpha value is -1.94. The molecule has 0 aromatic heterocycles. The molecule has 0 heterocycles. The lowest BCUT2D eigenvalue weighted by molar-refractivity contribution is -0.154. The number of benzene rings is 1. The first-order chi connectivity index (χ1) is 9.45. The number of ether oxygens (including phenoxy) is 2. The third-order valence-electron chi connectivity index (χ3n) is 2.97. The van der Waals surface area contributed by atoms with Crippen LogP contribution < -0.4 is 0 Å². The quantitative estimate of drug-likeness (QED) is 0.436. The van der Waals surface area contributed by atoms with Gasteiger partial charge < -0.3 is 9.47 Å². The molecule has 0 aliphatic carbocycles. The number of hydrogen-bond acceptors (Lipinski definition) is 4. The number of carbonyl (C=O) groups excluding carboxylic acids is 2. The molecule has 0 fully saturated rings. The van der Waals surface area contributed by atoms with Crippen molar-refractivity contribution in [3.63, 3.8) is 0 Å². The predicted molar refractivity (Wildman–Crippen MR) is 76.8 cm³/mol. The summed E-state index contributed by atoms with van der Waals surface area (Å²) in [6.45, 7) is 8.96. The van der Waals surface area contributed by atoms with Crippen LogP contribution in [0.5, 0.6) is 0 Å². The van der Waals surface area contributed by atoms with Crippen LogP contribution in [0.15, 0.2) is 30.9 Å². The van der Waals surface area contributed by atoms with Crippen molar-refractivity contribution in [3.8, 4) is 0 Å². The molecule has 0 spiro atoms. The third kappa shape index (κ3) is 4.63. The number of rotatable bonds is 7. The molecule has 0 saturated heterocycles. The molecule has 1 aromatic rings. The van der Waals surface area contributed by atoms with Crippen molar-refractivity contribution in [2.75, 3.05) is 13.2 Å². The fraction of sp³-hybridized carbons (Fsp3) is 0.375. The first kappa shape index (κ1) is 16.1. The zero-order chi connectivity index (χ0) is 15.1. The zero-order valence-corrected chi connectivity index (χ0v) is 12.1. The molecule has 0 aliphatic rings. The Morgan fingerprint density at radius 1 is 1.30 bits per heavy atom. The van der Waals surface area contributed by atoms with Gasteiger partial charge >= 0.3 is 5.97 Å². The van der Waals surface area contributed by atoms with E-state index in [4.69, 9.17) is 9.47 Å². The van der Waals surface area contributed by atoms with Crippen molar-refractivity contribution in [3.05, 3.63) is 47.5 Å². The average Bonchev–Trinajstić information content (AvgIpc) is 2.44. The van der Waals surface area contributed by atoms with E-state index in [0.29, 0.717) is 5.56 Å². The van der Waals surface area contributed by atoms with Crippen LogP contribution in [0.4, 0.5) is 0 Å². The number of carbonyl (C=O) groups is 2. The van der Waals surface area contributed by atoms with E-state index >= 15 is 0 Å². The van der Waals surface area contributed by atoms with E-state index in [1.54, 1.807) is 25.1 Å². The molecule has 0 radical (unpaired) electrons. The summed E-state index contributed by atoms with van der Waals surface area (Å²) in [7, 11) is 0. The molecular formula is C16H20O4. The van der Waals surface area contributed by atoms with Gasteiger partial charge in [0.15, 0.2) is 18.5 Å². The molecule has 1 rings (SSSR count). The first-order valence-corrected chi connectivity index (χ1v) is 6.45. The number of esters is 1. The monoisotopic (exact) mass is 276 g/mol. The van der Waals surface area contributed by atoms with Gasteiger partial charge in [0, 0.05) is 5.56 Å². The van der Waals surface area contributed by atoms with Crippen LogP contribution >= 0.6 is 0 Å². The van der Waals surface area contributed by atoms with Crippen LogP contribution in [0.1, 0.15) is 28.4 Å². The van der Waals surface area contributed by atoms with Gasteiger partial charge in [-0.3, -0.25) is 4.79 Å². The average molecular weight is 276 g/mol. The van der Waals surface area contributed by atoms with Gasteiger partial charge in [0.05, 0.1) is 6.61 Å². The maximum atomic E-state index is 11.9. The van der Waals surface area contributed by atoms with Crippen molar-refractivity contribution in [2.45, 2.75) is 26.9 Å². The summed E-state index contributed by atoms with van der Waals surface area (Å²) in [5.41, 5.74) is 2.69.